The molecule has 0 saturated heterocycles. The second kappa shape index (κ2) is 5.40. The number of aromatic nitrogens is 3. The van der Waals surface area contributed by atoms with E-state index in [1.807, 2.05) is 19.2 Å². The van der Waals surface area contributed by atoms with E-state index in [0.29, 0.717) is 16.9 Å². The van der Waals surface area contributed by atoms with Crippen molar-refractivity contribution < 1.29 is 8.94 Å². The summed E-state index contributed by atoms with van der Waals surface area (Å²) in [5.74, 6) is 2.87. The molecule has 86 valence electrons. The summed E-state index contributed by atoms with van der Waals surface area (Å²) >= 11 is 3.10. The first-order valence-corrected chi connectivity index (χ1v) is 7.02. The summed E-state index contributed by atoms with van der Waals surface area (Å²) in [5, 5.41) is 12.2. The minimum atomic E-state index is 0.568. The van der Waals surface area contributed by atoms with Crippen LogP contribution < -0.4 is 0 Å². The van der Waals surface area contributed by atoms with Gasteiger partial charge in [0.1, 0.15) is 5.76 Å². The summed E-state index contributed by atoms with van der Waals surface area (Å²) in [5.41, 5.74) is 0.879. The number of thioether (sulfide) groups is 2. The van der Waals surface area contributed by atoms with Crippen molar-refractivity contribution in [2.24, 2.45) is 0 Å². The van der Waals surface area contributed by atoms with E-state index >= 15 is 0 Å². The fraction of sp³-hybridized carbons (Fsp3) is 0.444. The van der Waals surface area contributed by atoms with Gasteiger partial charge in [0, 0.05) is 6.07 Å². The molecule has 0 aliphatic rings. The topological polar surface area (TPSA) is 65.0 Å². The zero-order valence-corrected chi connectivity index (χ0v) is 10.6. The van der Waals surface area contributed by atoms with Crippen LogP contribution in [0.25, 0.3) is 0 Å². The van der Waals surface area contributed by atoms with Gasteiger partial charge in [-0.05, 0) is 13.2 Å². The van der Waals surface area contributed by atoms with E-state index in [-0.39, 0.29) is 0 Å². The molecule has 2 aromatic heterocycles. The molecular formula is C9H11N3O2S2. The molecule has 0 aliphatic heterocycles. The van der Waals surface area contributed by atoms with Gasteiger partial charge in [-0.2, -0.15) is 11.8 Å². The Labute approximate surface area is 101 Å². The van der Waals surface area contributed by atoms with Crippen molar-refractivity contribution in [2.45, 2.75) is 23.7 Å². The van der Waals surface area contributed by atoms with Gasteiger partial charge in [0.2, 0.25) is 5.89 Å². The van der Waals surface area contributed by atoms with Crippen molar-refractivity contribution in [3.05, 3.63) is 23.4 Å². The predicted octanol–water partition coefficient (Wildman–Crippen LogP) is 2.52. The lowest BCUT2D eigenvalue weighted by Gasteiger charge is -1.90. The Balaban J connectivity index is 1.89. The minimum Gasteiger partial charge on any atom is -0.415 e. The van der Waals surface area contributed by atoms with Crippen molar-refractivity contribution in [1.29, 1.82) is 0 Å². The molecule has 0 N–H and O–H groups in total. The third-order valence-corrected chi connectivity index (χ3v) is 3.11. The highest BCUT2D eigenvalue weighted by molar-refractivity contribution is 7.98. The Hall–Kier alpha value is -0.950. The van der Waals surface area contributed by atoms with Crippen LogP contribution in [0.2, 0.25) is 0 Å². The largest absolute Gasteiger partial charge is 0.415 e. The van der Waals surface area contributed by atoms with Gasteiger partial charge in [-0.1, -0.05) is 16.9 Å². The second-order valence-electron chi connectivity index (χ2n) is 3.12. The molecule has 0 bridgehead atoms. The number of hydrogen-bond acceptors (Lipinski definition) is 7. The van der Waals surface area contributed by atoms with E-state index in [0.717, 1.165) is 17.2 Å². The van der Waals surface area contributed by atoms with Gasteiger partial charge in [-0.3, -0.25) is 0 Å². The van der Waals surface area contributed by atoms with Crippen LogP contribution in [0.4, 0.5) is 0 Å². The van der Waals surface area contributed by atoms with E-state index in [9.17, 15) is 0 Å². The summed E-state index contributed by atoms with van der Waals surface area (Å²) < 4.78 is 10.5. The van der Waals surface area contributed by atoms with E-state index in [1.165, 1.54) is 11.8 Å². The Bertz CT molecular complexity index is 455. The van der Waals surface area contributed by atoms with Crippen LogP contribution in [0.15, 0.2) is 20.2 Å². The van der Waals surface area contributed by atoms with Crippen LogP contribution in [0.5, 0.6) is 0 Å². The molecule has 0 atom stereocenters. The van der Waals surface area contributed by atoms with Crippen LogP contribution in [-0.2, 0) is 11.5 Å². The fourth-order valence-corrected chi connectivity index (χ4v) is 2.11. The van der Waals surface area contributed by atoms with Crippen molar-refractivity contribution in [1.82, 2.24) is 15.4 Å². The zero-order chi connectivity index (χ0) is 11.4. The van der Waals surface area contributed by atoms with Gasteiger partial charge >= 0.3 is 0 Å². The Morgan fingerprint density at radius 1 is 1.31 bits per heavy atom. The van der Waals surface area contributed by atoms with Gasteiger partial charge in [-0.25, -0.2) is 0 Å². The van der Waals surface area contributed by atoms with E-state index < -0.39 is 0 Å². The first-order valence-electron chi connectivity index (χ1n) is 4.64. The summed E-state index contributed by atoms with van der Waals surface area (Å²) in [6.45, 7) is 1.89. The van der Waals surface area contributed by atoms with Gasteiger partial charge < -0.3 is 8.94 Å². The van der Waals surface area contributed by atoms with Crippen molar-refractivity contribution in [3.8, 4) is 0 Å². The summed E-state index contributed by atoms with van der Waals surface area (Å²) in [6, 6.07) is 1.90. The third-order valence-electron chi connectivity index (χ3n) is 1.73. The normalized spacial score (nSPS) is 10.9. The maximum Gasteiger partial charge on any atom is 0.277 e. The lowest BCUT2D eigenvalue weighted by Crippen LogP contribution is -1.77. The Morgan fingerprint density at radius 3 is 2.88 bits per heavy atom. The highest BCUT2D eigenvalue weighted by atomic mass is 32.2. The third kappa shape index (κ3) is 3.02. The summed E-state index contributed by atoms with van der Waals surface area (Å²) in [4.78, 5) is 0. The smallest absolute Gasteiger partial charge is 0.277 e. The SMILES string of the molecule is CSCc1nnc(SCc2cc(C)no2)o1. The number of aryl methyl sites for hydroxylation is 1. The molecule has 0 aliphatic carbocycles. The van der Waals surface area contributed by atoms with Crippen LogP contribution in [0.3, 0.4) is 0 Å². The summed E-state index contributed by atoms with van der Waals surface area (Å²) in [7, 11) is 0. The molecule has 0 fully saturated rings. The Kier molecular flexibility index (Phi) is 3.89. The maximum atomic E-state index is 5.41. The molecule has 2 heterocycles. The summed E-state index contributed by atoms with van der Waals surface area (Å²) in [6.07, 6.45) is 1.99. The Morgan fingerprint density at radius 2 is 2.19 bits per heavy atom. The average Bonchev–Trinajstić information content (AvgIpc) is 2.85. The van der Waals surface area contributed by atoms with Crippen molar-refractivity contribution in [2.75, 3.05) is 6.26 Å². The second-order valence-corrected chi connectivity index (χ2v) is 4.91. The molecule has 0 amide bonds. The van der Waals surface area contributed by atoms with Gasteiger partial charge in [0.25, 0.3) is 5.22 Å². The van der Waals surface area contributed by atoms with E-state index in [2.05, 4.69) is 15.4 Å². The number of nitrogens with zero attached hydrogens (tertiary/aromatic N) is 3. The molecule has 2 aromatic rings. The van der Waals surface area contributed by atoms with Gasteiger partial charge in [0.05, 0.1) is 17.2 Å². The van der Waals surface area contributed by atoms with Crippen LogP contribution in [0.1, 0.15) is 17.3 Å². The van der Waals surface area contributed by atoms with Crippen molar-refractivity contribution >= 4 is 23.5 Å². The lowest BCUT2D eigenvalue weighted by atomic mass is 10.4. The zero-order valence-electron chi connectivity index (χ0n) is 8.97. The van der Waals surface area contributed by atoms with E-state index in [4.69, 9.17) is 8.94 Å². The first kappa shape index (κ1) is 11.5. The monoisotopic (exact) mass is 257 g/mol. The molecule has 5 nitrogen and oxygen atoms in total. The maximum absolute atomic E-state index is 5.41. The molecule has 7 heteroatoms. The van der Waals surface area contributed by atoms with E-state index in [1.54, 1.807) is 11.8 Å². The highest BCUT2D eigenvalue weighted by Crippen LogP contribution is 2.22. The lowest BCUT2D eigenvalue weighted by molar-refractivity contribution is 0.389. The van der Waals surface area contributed by atoms with Crippen molar-refractivity contribution in [3.63, 3.8) is 0 Å². The van der Waals surface area contributed by atoms with Crippen LogP contribution in [-0.4, -0.2) is 21.6 Å². The molecule has 0 unspecified atom stereocenters. The predicted molar refractivity (Wildman–Crippen MR) is 62.3 cm³/mol. The quantitative estimate of drug-likeness (QED) is 0.762. The first-order chi connectivity index (χ1) is 7.78. The molecule has 0 saturated carbocycles. The number of hydrogen-bond donors (Lipinski definition) is 0. The highest BCUT2D eigenvalue weighted by Gasteiger charge is 2.08. The molecule has 2 rings (SSSR count). The van der Waals surface area contributed by atoms with Crippen LogP contribution in [0, 0.1) is 6.92 Å². The van der Waals surface area contributed by atoms with Crippen LogP contribution >= 0.6 is 23.5 Å². The molecule has 0 aromatic carbocycles. The van der Waals surface area contributed by atoms with Gasteiger partial charge in [0.15, 0.2) is 0 Å². The minimum absolute atomic E-state index is 0.568. The standard InChI is InChI=1S/C9H11N3O2S2/c1-6-3-7(14-12-6)4-16-9-11-10-8(13-9)5-15-2/h3H,4-5H2,1-2H3. The molecular weight excluding hydrogens is 246 g/mol. The molecule has 0 radical (unpaired) electrons. The average molecular weight is 257 g/mol. The fourth-order valence-electron chi connectivity index (χ4n) is 1.10. The molecule has 16 heavy (non-hydrogen) atoms. The molecule has 0 spiro atoms. The van der Waals surface area contributed by atoms with Gasteiger partial charge in [-0.15, -0.1) is 10.2 Å². The number of rotatable bonds is 5.